The summed E-state index contributed by atoms with van der Waals surface area (Å²) in [7, 11) is 0. The van der Waals surface area contributed by atoms with Crippen LogP contribution in [0.5, 0.6) is 5.75 Å². The summed E-state index contributed by atoms with van der Waals surface area (Å²) >= 11 is 0. The first-order chi connectivity index (χ1) is 13.8. The Hall–Kier alpha value is -1.88. The van der Waals surface area contributed by atoms with Crippen LogP contribution in [0.3, 0.4) is 0 Å². The molecule has 2 N–H and O–H groups in total. The molecule has 28 heavy (non-hydrogen) atoms. The standard InChI is InChI=1S/C24H32N2O2/c27-14-15-28-23-10-8-20(9-11-23)18-25-19-24(26-12-4-1-5-13-26)16-21-6-2-3-7-22(21)17-24/h2-3,6-11,25,27H,1,4-5,12-19H2. The lowest BCUT2D eigenvalue weighted by Crippen LogP contribution is -2.57. The Morgan fingerprint density at radius 2 is 1.61 bits per heavy atom. The van der Waals surface area contributed by atoms with E-state index < -0.39 is 0 Å². The number of benzene rings is 2. The van der Waals surface area contributed by atoms with Crippen molar-refractivity contribution in [2.24, 2.45) is 0 Å². The molecule has 1 saturated heterocycles. The number of nitrogens with one attached hydrogen (secondary N) is 1. The van der Waals surface area contributed by atoms with Crippen LogP contribution in [0, 0.1) is 0 Å². The van der Waals surface area contributed by atoms with E-state index in [2.05, 4.69) is 46.6 Å². The van der Waals surface area contributed by atoms with E-state index >= 15 is 0 Å². The smallest absolute Gasteiger partial charge is 0.119 e. The number of aliphatic hydroxyl groups is 1. The molecule has 1 aliphatic heterocycles. The Labute approximate surface area is 168 Å². The molecule has 0 amide bonds. The lowest BCUT2D eigenvalue weighted by atomic mass is 9.90. The van der Waals surface area contributed by atoms with Crippen molar-refractivity contribution in [2.75, 3.05) is 32.8 Å². The zero-order chi connectivity index (χ0) is 19.2. The Morgan fingerprint density at radius 1 is 0.929 bits per heavy atom. The van der Waals surface area contributed by atoms with E-state index in [9.17, 15) is 0 Å². The van der Waals surface area contributed by atoms with Gasteiger partial charge in [0.15, 0.2) is 0 Å². The van der Waals surface area contributed by atoms with Gasteiger partial charge in [-0.1, -0.05) is 42.8 Å². The largest absolute Gasteiger partial charge is 0.491 e. The Kier molecular flexibility index (Phi) is 6.30. The number of aliphatic hydroxyl groups excluding tert-OH is 1. The highest BCUT2D eigenvalue weighted by atomic mass is 16.5. The van der Waals surface area contributed by atoms with Gasteiger partial charge in [0.2, 0.25) is 0 Å². The van der Waals surface area contributed by atoms with Crippen molar-refractivity contribution >= 4 is 0 Å². The van der Waals surface area contributed by atoms with Crippen molar-refractivity contribution in [3.05, 3.63) is 65.2 Å². The number of piperidine rings is 1. The molecule has 2 aliphatic rings. The van der Waals surface area contributed by atoms with Crippen molar-refractivity contribution in [3.8, 4) is 5.75 Å². The molecule has 0 aromatic heterocycles. The number of hydrogen-bond acceptors (Lipinski definition) is 4. The fraction of sp³-hybridized carbons (Fsp3) is 0.500. The second-order valence-corrected chi connectivity index (χ2v) is 8.21. The number of ether oxygens (including phenoxy) is 1. The molecule has 0 atom stereocenters. The van der Waals surface area contributed by atoms with E-state index in [1.807, 2.05) is 12.1 Å². The quantitative estimate of drug-likeness (QED) is 0.738. The molecule has 1 heterocycles. The Balaban J connectivity index is 1.40. The lowest BCUT2D eigenvalue weighted by molar-refractivity contribution is 0.0724. The number of likely N-dealkylation sites (tertiary alicyclic amines) is 1. The van der Waals surface area contributed by atoms with Gasteiger partial charge in [-0.25, -0.2) is 0 Å². The van der Waals surface area contributed by atoms with Gasteiger partial charge in [-0.2, -0.15) is 0 Å². The summed E-state index contributed by atoms with van der Waals surface area (Å²) in [6.45, 7) is 4.73. The van der Waals surface area contributed by atoms with E-state index in [0.717, 1.165) is 31.7 Å². The maximum atomic E-state index is 8.86. The molecule has 4 rings (SSSR count). The molecule has 4 heteroatoms. The van der Waals surface area contributed by atoms with Crippen LogP contribution in [-0.4, -0.2) is 48.4 Å². The first-order valence-electron chi connectivity index (χ1n) is 10.6. The van der Waals surface area contributed by atoms with Crippen LogP contribution in [0.25, 0.3) is 0 Å². The van der Waals surface area contributed by atoms with E-state index in [4.69, 9.17) is 9.84 Å². The fourth-order valence-corrected chi connectivity index (χ4v) is 4.81. The predicted molar refractivity (Wildman–Crippen MR) is 113 cm³/mol. The molecule has 2 aromatic rings. The average molecular weight is 381 g/mol. The van der Waals surface area contributed by atoms with E-state index in [1.165, 1.54) is 49.0 Å². The summed E-state index contributed by atoms with van der Waals surface area (Å²) in [6, 6.07) is 17.2. The van der Waals surface area contributed by atoms with Gasteiger partial charge in [-0.05, 0) is 67.6 Å². The van der Waals surface area contributed by atoms with Crippen molar-refractivity contribution < 1.29 is 9.84 Å². The van der Waals surface area contributed by atoms with Gasteiger partial charge in [0.1, 0.15) is 12.4 Å². The minimum atomic E-state index is 0.0459. The SMILES string of the molecule is OCCOc1ccc(CNCC2(N3CCCCC3)Cc3ccccc3C2)cc1. The highest BCUT2D eigenvalue weighted by Gasteiger charge is 2.41. The molecule has 0 radical (unpaired) electrons. The predicted octanol–water partition coefficient (Wildman–Crippen LogP) is 3.17. The van der Waals surface area contributed by atoms with Crippen LogP contribution < -0.4 is 10.1 Å². The minimum absolute atomic E-state index is 0.0459. The van der Waals surface area contributed by atoms with Crippen molar-refractivity contribution in [3.63, 3.8) is 0 Å². The average Bonchev–Trinajstić information content (AvgIpc) is 3.13. The summed E-state index contributed by atoms with van der Waals surface area (Å²) in [5.74, 6) is 0.814. The van der Waals surface area contributed by atoms with Gasteiger partial charge in [-0.15, -0.1) is 0 Å². The molecule has 1 aliphatic carbocycles. The summed E-state index contributed by atoms with van der Waals surface area (Å²) < 4.78 is 5.45. The van der Waals surface area contributed by atoms with Crippen LogP contribution in [0.1, 0.15) is 36.0 Å². The summed E-state index contributed by atoms with van der Waals surface area (Å²) in [5.41, 5.74) is 4.54. The molecular weight excluding hydrogens is 348 g/mol. The molecule has 150 valence electrons. The van der Waals surface area contributed by atoms with Crippen molar-refractivity contribution in [1.29, 1.82) is 0 Å². The maximum Gasteiger partial charge on any atom is 0.119 e. The third-order valence-electron chi connectivity index (χ3n) is 6.25. The summed E-state index contributed by atoms with van der Waals surface area (Å²) in [6.07, 6.45) is 6.34. The van der Waals surface area contributed by atoms with Crippen LogP contribution in [0.2, 0.25) is 0 Å². The van der Waals surface area contributed by atoms with Gasteiger partial charge >= 0.3 is 0 Å². The number of hydrogen-bond donors (Lipinski definition) is 2. The molecule has 0 spiro atoms. The normalized spacial score (nSPS) is 18.8. The van der Waals surface area contributed by atoms with Crippen molar-refractivity contribution in [2.45, 2.75) is 44.2 Å². The molecule has 0 bridgehead atoms. The van der Waals surface area contributed by atoms with Crippen LogP contribution in [0.4, 0.5) is 0 Å². The monoisotopic (exact) mass is 380 g/mol. The van der Waals surface area contributed by atoms with E-state index in [0.29, 0.717) is 6.61 Å². The van der Waals surface area contributed by atoms with Gasteiger partial charge in [0.05, 0.1) is 6.61 Å². The molecule has 0 unspecified atom stereocenters. The van der Waals surface area contributed by atoms with Crippen LogP contribution in [-0.2, 0) is 19.4 Å². The minimum Gasteiger partial charge on any atom is -0.491 e. The number of nitrogens with zero attached hydrogens (tertiary/aromatic N) is 1. The van der Waals surface area contributed by atoms with E-state index in [1.54, 1.807) is 0 Å². The third kappa shape index (κ3) is 4.40. The van der Waals surface area contributed by atoms with Crippen molar-refractivity contribution in [1.82, 2.24) is 10.2 Å². The molecule has 2 aromatic carbocycles. The molecule has 1 fully saturated rings. The summed E-state index contributed by atoms with van der Waals surface area (Å²) in [5, 5.41) is 12.6. The fourth-order valence-electron chi connectivity index (χ4n) is 4.81. The molecule has 0 saturated carbocycles. The van der Waals surface area contributed by atoms with E-state index in [-0.39, 0.29) is 12.1 Å². The van der Waals surface area contributed by atoms with Gasteiger partial charge in [-0.3, -0.25) is 4.90 Å². The Bertz CT molecular complexity index is 728. The third-order valence-corrected chi connectivity index (χ3v) is 6.25. The van der Waals surface area contributed by atoms with Gasteiger partial charge in [0.25, 0.3) is 0 Å². The highest BCUT2D eigenvalue weighted by molar-refractivity contribution is 5.37. The second kappa shape index (κ2) is 9.08. The highest BCUT2D eigenvalue weighted by Crippen LogP contribution is 2.36. The molecular formula is C24H32N2O2. The zero-order valence-corrected chi connectivity index (χ0v) is 16.7. The number of fused-ring (bicyclic) bond motifs is 1. The van der Waals surface area contributed by atoms with Gasteiger partial charge < -0.3 is 15.2 Å². The molecule has 4 nitrogen and oxygen atoms in total. The first kappa shape index (κ1) is 19.4. The maximum absolute atomic E-state index is 8.86. The van der Waals surface area contributed by atoms with Crippen LogP contribution in [0.15, 0.2) is 48.5 Å². The lowest BCUT2D eigenvalue weighted by Gasteiger charge is -2.44. The number of rotatable bonds is 8. The Morgan fingerprint density at radius 3 is 2.25 bits per heavy atom. The summed E-state index contributed by atoms with van der Waals surface area (Å²) in [4.78, 5) is 2.76. The zero-order valence-electron chi connectivity index (χ0n) is 16.7. The van der Waals surface area contributed by atoms with Gasteiger partial charge in [0, 0.05) is 18.6 Å². The first-order valence-corrected chi connectivity index (χ1v) is 10.6. The van der Waals surface area contributed by atoms with Crippen LogP contribution >= 0.6 is 0 Å². The topological polar surface area (TPSA) is 44.7 Å². The second-order valence-electron chi connectivity index (χ2n) is 8.21.